The van der Waals surface area contributed by atoms with Gasteiger partial charge in [-0.05, 0) is 48.9 Å². The zero-order valence-corrected chi connectivity index (χ0v) is 17.1. The topological polar surface area (TPSA) is 108 Å². The maximum atomic E-state index is 12.3. The third-order valence-corrected chi connectivity index (χ3v) is 4.51. The van der Waals surface area contributed by atoms with Crippen LogP contribution in [0.2, 0.25) is 0 Å². The van der Waals surface area contributed by atoms with Gasteiger partial charge in [-0.2, -0.15) is 10.1 Å². The van der Waals surface area contributed by atoms with Crippen LogP contribution >= 0.6 is 0 Å². The maximum Gasteiger partial charge on any atom is 0.227 e. The molecule has 0 saturated heterocycles. The standard InChI is InChI=1S/C22H22N6O3/c1-2-30-19-9-5-17(6-10-19)22-26-21(31-27-22)12-11-20(29)25-18-7-3-16(4-8-18)13-28-15-23-14-24-28/h3-10,14-15H,2,11-13H2,1H3,(H,25,29). The molecule has 31 heavy (non-hydrogen) atoms. The molecule has 1 N–H and O–H groups in total. The fourth-order valence-corrected chi connectivity index (χ4v) is 2.98. The number of carbonyl (C=O) groups is 1. The summed E-state index contributed by atoms with van der Waals surface area (Å²) >= 11 is 0. The molecule has 0 radical (unpaired) electrons. The minimum absolute atomic E-state index is 0.121. The number of ether oxygens (including phenoxy) is 1. The molecule has 0 aliphatic heterocycles. The third-order valence-electron chi connectivity index (χ3n) is 4.51. The minimum Gasteiger partial charge on any atom is -0.494 e. The molecular formula is C22H22N6O3. The Labute approximate surface area is 179 Å². The first-order valence-electron chi connectivity index (χ1n) is 9.96. The number of carbonyl (C=O) groups excluding carboxylic acids is 1. The first-order chi connectivity index (χ1) is 15.2. The van der Waals surface area contributed by atoms with Crippen molar-refractivity contribution < 1.29 is 14.1 Å². The van der Waals surface area contributed by atoms with Crippen LogP contribution in [0, 0.1) is 0 Å². The largest absolute Gasteiger partial charge is 0.494 e. The first kappa shape index (κ1) is 20.3. The molecule has 0 unspecified atom stereocenters. The quantitative estimate of drug-likeness (QED) is 0.444. The molecule has 0 fully saturated rings. The van der Waals surface area contributed by atoms with Crippen LogP contribution in [-0.4, -0.2) is 37.4 Å². The number of rotatable bonds is 9. The molecular weight excluding hydrogens is 396 g/mol. The van der Waals surface area contributed by atoms with Crippen LogP contribution in [0.1, 0.15) is 24.8 Å². The predicted octanol–water partition coefficient (Wildman–Crippen LogP) is 3.35. The van der Waals surface area contributed by atoms with E-state index in [0.717, 1.165) is 22.6 Å². The van der Waals surface area contributed by atoms with Gasteiger partial charge in [0.25, 0.3) is 0 Å². The molecule has 0 saturated carbocycles. The van der Waals surface area contributed by atoms with Crippen molar-refractivity contribution in [3.63, 3.8) is 0 Å². The number of hydrogen-bond donors (Lipinski definition) is 1. The number of aromatic nitrogens is 5. The number of benzene rings is 2. The van der Waals surface area contributed by atoms with Gasteiger partial charge in [-0.15, -0.1) is 0 Å². The van der Waals surface area contributed by atoms with E-state index in [1.807, 2.05) is 55.5 Å². The van der Waals surface area contributed by atoms with E-state index in [1.165, 1.54) is 6.33 Å². The molecule has 0 aliphatic rings. The molecule has 9 nitrogen and oxygen atoms in total. The maximum absolute atomic E-state index is 12.3. The second-order valence-electron chi connectivity index (χ2n) is 6.81. The SMILES string of the molecule is CCOc1ccc(-c2noc(CCC(=O)Nc3ccc(Cn4cncn4)cc3)n2)cc1. The lowest BCUT2D eigenvalue weighted by molar-refractivity contribution is -0.116. The van der Waals surface area contributed by atoms with E-state index in [9.17, 15) is 4.79 Å². The molecule has 0 bridgehead atoms. The smallest absolute Gasteiger partial charge is 0.227 e. The van der Waals surface area contributed by atoms with Gasteiger partial charge in [0.05, 0.1) is 13.2 Å². The number of nitrogens with one attached hydrogen (secondary N) is 1. The van der Waals surface area contributed by atoms with Gasteiger partial charge >= 0.3 is 0 Å². The first-order valence-corrected chi connectivity index (χ1v) is 9.96. The Morgan fingerprint density at radius 2 is 1.94 bits per heavy atom. The highest BCUT2D eigenvalue weighted by molar-refractivity contribution is 5.90. The van der Waals surface area contributed by atoms with Gasteiger partial charge in [-0.3, -0.25) is 4.79 Å². The van der Waals surface area contributed by atoms with Crippen molar-refractivity contribution in [1.82, 2.24) is 24.9 Å². The van der Waals surface area contributed by atoms with Crippen molar-refractivity contribution in [3.8, 4) is 17.1 Å². The minimum atomic E-state index is -0.121. The summed E-state index contributed by atoms with van der Waals surface area (Å²) in [6.07, 6.45) is 3.76. The van der Waals surface area contributed by atoms with Gasteiger partial charge < -0.3 is 14.6 Å². The van der Waals surface area contributed by atoms with Gasteiger partial charge in [0, 0.05) is 24.1 Å². The molecule has 4 aromatic rings. The van der Waals surface area contributed by atoms with E-state index in [4.69, 9.17) is 9.26 Å². The molecule has 0 atom stereocenters. The second kappa shape index (κ2) is 9.66. The summed E-state index contributed by atoms with van der Waals surface area (Å²) in [4.78, 5) is 20.6. The van der Waals surface area contributed by atoms with Crippen LogP contribution in [0.4, 0.5) is 5.69 Å². The zero-order chi connectivity index (χ0) is 21.5. The normalized spacial score (nSPS) is 10.7. The number of nitrogens with zero attached hydrogens (tertiary/aromatic N) is 5. The molecule has 1 amide bonds. The fraction of sp³-hybridized carbons (Fsp3) is 0.227. The number of hydrogen-bond acceptors (Lipinski definition) is 7. The Hall–Kier alpha value is -4.01. The summed E-state index contributed by atoms with van der Waals surface area (Å²) in [5.74, 6) is 1.58. The van der Waals surface area contributed by atoms with Crippen molar-refractivity contribution in [2.75, 3.05) is 11.9 Å². The average Bonchev–Trinajstić information content (AvgIpc) is 3.47. The van der Waals surface area contributed by atoms with E-state index < -0.39 is 0 Å². The summed E-state index contributed by atoms with van der Waals surface area (Å²) < 4.78 is 12.4. The third kappa shape index (κ3) is 5.53. The van der Waals surface area contributed by atoms with Crippen molar-refractivity contribution in [2.45, 2.75) is 26.3 Å². The van der Waals surface area contributed by atoms with Crippen molar-refractivity contribution in [3.05, 3.63) is 72.6 Å². The molecule has 0 aliphatic carbocycles. The van der Waals surface area contributed by atoms with E-state index in [-0.39, 0.29) is 12.3 Å². The van der Waals surface area contributed by atoms with Crippen LogP contribution < -0.4 is 10.1 Å². The van der Waals surface area contributed by atoms with Crippen LogP contribution in [0.3, 0.4) is 0 Å². The van der Waals surface area contributed by atoms with Gasteiger partial charge in [-0.1, -0.05) is 17.3 Å². The summed E-state index contributed by atoms with van der Waals surface area (Å²) in [5.41, 5.74) is 2.62. The lowest BCUT2D eigenvalue weighted by Crippen LogP contribution is -2.12. The van der Waals surface area contributed by atoms with Crippen LogP contribution in [0.15, 0.2) is 65.7 Å². The van der Waals surface area contributed by atoms with E-state index >= 15 is 0 Å². The summed E-state index contributed by atoms with van der Waals surface area (Å²) in [5, 5.41) is 10.9. The van der Waals surface area contributed by atoms with E-state index in [0.29, 0.717) is 31.3 Å². The van der Waals surface area contributed by atoms with Gasteiger partial charge in [0.1, 0.15) is 18.4 Å². The molecule has 0 spiro atoms. The van der Waals surface area contributed by atoms with Crippen LogP contribution in [-0.2, 0) is 17.8 Å². The zero-order valence-electron chi connectivity index (χ0n) is 17.1. The highest BCUT2D eigenvalue weighted by atomic mass is 16.5. The lowest BCUT2D eigenvalue weighted by Gasteiger charge is -2.06. The molecule has 9 heteroatoms. The summed E-state index contributed by atoms with van der Waals surface area (Å²) in [7, 11) is 0. The molecule has 4 rings (SSSR count). The van der Waals surface area contributed by atoms with Gasteiger partial charge in [-0.25, -0.2) is 9.67 Å². The van der Waals surface area contributed by atoms with Gasteiger partial charge in [0.15, 0.2) is 0 Å². The fourth-order valence-electron chi connectivity index (χ4n) is 2.98. The predicted molar refractivity (Wildman–Crippen MR) is 113 cm³/mol. The van der Waals surface area contributed by atoms with Crippen LogP contribution in [0.5, 0.6) is 5.75 Å². The van der Waals surface area contributed by atoms with E-state index in [2.05, 4.69) is 25.5 Å². The van der Waals surface area contributed by atoms with E-state index in [1.54, 1.807) is 11.0 Å². The Kier molecular flexibility index (Phi) is 6.32. The number of amides is 1. The second-order valence-corrected chi connectivity index (χ2v) is 6.81. The Morgan fingerprint density at radius 3 is 2.65 bits per heavy atom. The number of aryl methyl sites for hydroxylation is 1. The summed E-state index contributed by atoms with van der Waals surface area (Å²) in [6.45, 7) is 3.17. The van der Waals surface area contributed by atoms with Crippen molar-refractivity contribution >= 4 is 11.6 Å². The lowest BCUT2D eigenvalue weighted by atomic mass is 10.2. The van der Waals surface area contributed by atoms with Crippen molar-refractivity contribution in [1.29, 1.82) is 0 Å². The Morgan fingerprint density at radius 1 is 1.13 bits per heavy atom. The average molecular weight is 418 g/mol. The Balaban J connectivity index is 1.27. The van der Waals surface area contributed by atoms with Crippen molar-refractivity contribution in [2.24, 2.45) is 0 Å². The Bertz CT molecular complexity index is 1110. The monoisotopic (exact) mass is 418 g/mol. The molecule has 2 aromatic carbocycles. The molecule has 158 valence electrons. The van der Waals surface area contributed by atoms with Gasteiger partial charge in [0.2, 0.25) is 17.6 Å². The molecule has 2 aromatic heterocycles. The highest BCUT2D eigenvalue weighted by Crippen LogP contribution is 2.20. The van der Waals surface area contributed by atoms with Crippen LogP contribution in [0.25, 0.3) is 11.4 Å². The summed E-state index contributed by atoms with van der Waals surface area (Å²) in [6, 6.07) is 15.1. The molecule has 2 heterocycles. The highest BCUT2D eigenvalue weighted by Gasteiger charge is 2.11. The number of anilines is 1.